The Morgan fingerprint density at radius 3 is 1.65 bits per heavy atom. The Morgan fingerprint density at radius 2 is 1.16 bits per heavy atom. The molecule has 184 valence electrons. The second kappa shape index (κ2) is 17.8. The minimum atomic E-state index is -0.466. The average Bonchev–Trinajstić information content (AvgIpc) is 2.74. The summed E-state index contributed by atoms with van der Waals surface area (Å²) in [6.45, 7) is 11.5. The van der Waals surface area contributed by atoms with Gasteiger partial charge in [0.1, 0.15) is 24.4 Å². The van der Waals surface area contributed by atoms with Crippen molar-refractivity contribution in [3.05, 3.63) is 0 Å². The van der Waals surface area contributed by atoms with E-state index in [1.165, 1.54) is 0 Å². The molecule has 1 rings (SSSR count). The highest BCUT2D eigenvalue weighted by molar-refractivity contribution is 5.74. The molecule has 0 radical (unpaired) electrons. The molecule has 0 saturated carbocycles. The summed E-state index contributed by atoms with van der Waals surface area (Å²) in [6, 6.07) is 0. The normalized spacial score (nSPS) is 26.3. The third-order valence-electron chi connectivity index (χ3n) is 5.48. The average molecular weight is 446 g/mol. The molecule has 1 heterocycles. The van der Waals surface area contributed by atoms with E-state index >= 15 is 0 Å². The molecule has 1 aliphatic heterocycles. The standard InChI is InChI=1S/C24H47NO6/c1-5-9-13-27-18-20-23(29-15-11-7-3)24(30-16-12-8-4)22(28-14-10-6-2)19(31-20)17-21(25)26/h19-20,22-24H,5-18H2,1-4H3,(H2,25,26)/t19-,20-,22-,23-,24-/m1/s1. The summed E-state index contributed by atoms with van der Waals surface area (Å²) in [5.74, 6) is -0.405. The minimum Gasteiger partial charge on any atom is -0.379 e. The Kier molecular flexibility index (Phi) is 16.2. The van der Waals surface area contributed by atoms with Gasteiger partial charge in [-0.2, -0.15) is 0 Å². The zero-order chi connectivity index (χ0) is 22.9. The van der Waals surface area contributed by atoms with E-state index in [1.54, 1.807) is 0 Å². The Labute approximate surface area is 189 Å². The van der Waals surface area contributed by atoms with Crippen LogP contribution >= 0.6 is 0 Å². The summed E-state index contributed by atoms with van der Waals surface area (Å²) < 4.78 is 31.1. The molecule has 0 aromatic heterocycles. The molecular weight excluding hydrogens is 398 g/mol. The highest BCUT2D eigenvalue weighted by atomic mass is 16.6. The van der Waals surface area contributed by atoms with Crippen molar-refractivity contribution in [1.82, 2.24) is 0 Å². The lowest BCUT2D eigenvalue weighted by Gasteiger charge is -2.46. The third kappa shape index (κ3) is 11.1. The van der Waals surface area contributed by atoms with Crippen molar-refractivity contribution in [1.29, 1.82) is 0 Å². The molecule has 1 aliphatic rings. The summed E-state index contributed by atoms with van der Waals surface area (Å²) in [6.07, 6.45) is 6.33. The van der Waals surface area contributed by atoms with Gasteiger partial charge in [-0.15, -0.1) is 0 Å². The van der Waals surface area contributed by atoms with Gasteiger partial charge in [0.2, 0.25) is 5.91 Å². The van der Waals surface area contributed by atoms with Crippen LogP contribution in [0.25, 0.3) is 0 Å². The van der Waals surface area contributed by atoms with Crippen LogP contribution in [0.3, 0.4) is 0 Å². The van der Waals surface area contributed by atoms with Crippen LogP contribution in [0.15, 0.2) is 0 Å². The number of rotatable bonds is 19. The fraction of sp³-hybridized carbons (Fsp3) is 0.958. The van der Waals surface area contributed by atoms with Crippen molar-refractivity contribution >= 4 is 5.91 Å². The summed E-state index contributed by atoms with van der Waals surface area (Å²) in [5.41, 5.74) is 5.55. The molecule has 0 unspecified atom stereocenters. The zero-order valence-corrected chi connectivity index (χ0v) is 20.3. The molecule has 0 bridgehead atoms. The van der Waals surface area contributed by atoms with E-state index in [0.717, 1.165) is 51.4 Å². The van der Waals surface area contributed by atoms with Crippen molar-refractivity contribution in [2.45, 2.75) is 116 Å². The van der Waals surface area contributed by atoms with Gasteiger partial charge in [0.15, 0.2) is 0 Å². The first-order valence-electron chi connectivity index (χ1n) is 12.4. The van der Waals surface area contributed by atoms with Crippen LogP contribution in [-0.4, -0.2) is 69.5 Å². The van der Waals surface area contributed by atoms with E-state index in [0.29, 0.717) is 33.0 Å². The van der Waals surface area contributed by atoms with Crippen molar-refractivity contribution in [2.24, 2.45) is 5.73 Å². The molecule has 1 saturated heterocycles. The lowest BCUT2D eigenvalue weighted by Crippen LogP contribution is -2.62. The number of unbranched alkanes of at least 4 members (excludes halogenated alkanes) is 4. The second-order valence-electron chi connectivity index (χ2n) is 8.38. The van der Waals surface area contributed by atoms with Gasteiger partial charge in [-0.3, -0.25) is 4.79 Å². The number of carbonyl (C=O) groups excluding carboxylic acids is 1. The zero-order valence-electron chi connectivity index (χ0n) is 20.3. The smallest absolute Gasteiger partial charge is 0.220 e. The lowest BCUT2D eigenvalue weighted by atomic mass is 9.92. The Morgan fingerprint density at radius 1 is 0.710 bits per heavy atom. The van der Waals surface area contributed by atoms with Crippen LogP contribution in [0.2, 0.25) is 0 Å². The van der Waals surface area contributed by atoms with Crippen molar-refractivity contribution in [2.75, 3.05) is 33.0 Å². The first-order chi connectivity index (χ1) is 15.1. The molecule has 7 nitrogen and oxygen atoms in total. The van der Waals surface area contributed by atoms with E-state index in [4.69, 9.17) is 29.4 Å². The quantitative estimate of drug-likeness (QED) is 0.302. The number of hydrogen-bond acceptors (Lipinski definition) is 6. The highest BCUT2D eigenvalue weighted by Crippen LogP contribution is 2.31. The molecule has 0 aromatic carbocycles. The molecule has 7 heteroatoms. The number of amides is 1. The minimum absolute atomic E-state index is 0.0948. The summed E-state index contributed by atoms with van der Waals surface area (Å²) >= 11 is 0. The van der Waals surface area contributed by atoms with Gasteiger partial charge < -0.3 is 29.4 Å². The summed E-state index contributed by atoms with van der Waals surface area (Å²) in [4.78, 5) is 11.8. The monoisotopic (exact) mass is 445 g/mol. The van der Waals surface area contributed by atoms with Gasteiger partial charge in [0, 0.05) is 26.4 Å². The summed E-state index contributed by atoms with van der Waals surface area (Å²) in [5, 5.41) is 0. The maximum Gasteiger partial charge on any atom is 0.220 e. The van der Waals surface area contributed by atoms with Crippen LogP contribution in [0.4, 0.5) is 0 Å². The molecule has 0 spiro atoms. The Hall–Kier alpha value is -0.730. The summed E-state index contributed by atoms with van der Waals surface area (Å²) in [7, 11) is 0. The molecule has 31 heavy (non-hydrogen) atoms. The van der Waals surface area contributed by atoms with E-state index in [1.807, 2.05) is 0 Å². The van der Waals surface area contributed by atoms with E-state index < -0.39 is 18.1 Å². The first kappa shape index (κ1) is 28.3. The van der Waals surface area contributed by atoms with E-state index in [-0.39, 0.29) is 24.7 Å². The fourth-order valence-corrected chi connectivity index (χ4v) is 3.62. The first-order valence-corrected chi connectivity index (χ1v) is 12.4. The molecule has 1 fully saturated rings. The Bertz CT molecular complexity index is 450. The van der Waals surface area contributed by atoms with Gasteiger partial charge >= 0.3 is 0 Å². The largest absolute Gasteiger partial charge is 0.379 e. The number of primary amides is 1. The van der Waals surface area contributed by atoms with Crippen LogP contribution < -0.4 is 5.73 Å². The topological polar surface area (TPSA) is 89.2 Å². The van der Waals surface area contributed by atoms with Crippen molar-refractivity contribution in [3.63, 3.8) is 0 Å². The molecule has 0 aromatic rings. The van der Waals surface area contributed by atoms with Gasteiger partial charge in [0.05, 0.1) is 19.1 Å². The maximum atomic E-state index is 11.8. The number of ether oxygens (including phenoxy) is 5. The van der Waals surface area contributed by atoms with E-state index in [2.05, 4.69) is 27.7 Å². The van der Waals surface area contributed by atoms with Gasteiger partial charge in [-0.05, 0) is 25.7 Å². The third-order valence-corrected chi connectivity index (χ3v) is 5.48. The number of carbonyl (C=O) groups is 1. The second-order valence-corrected chi connectivity index (χ2v) is 8.38. The van der Waals surface area contributed by atoms with Crippen molar-refractivity contribution in [3.8, 4) is 0 Å². The van der Waals surface area contributed by atoms with Gasteiger partial charge in [-0.25, -0.2) is 0 Å². The van der Waals surface area contributed by atoms with Crippen LogP contribution in [0.1, 0.15) is 85.5 Å². The lowest BCUT2D eigenvalue weighted by molar-refractivity contribution is -0.265. The van der Waals surface area contributed by atoms with Crippen molar-refractivity contribution < 1.29 is 28.5 Å². The van der Waals surface area contributed by atoms with Gasteiger partial charge in [0.25, 0.3) is 0 Å². The fourth-order valence-electron chi connectivity index (χ4n) is 3.62. The molecule has 2 N–H and O–H groups in total. The SMILES string of the molecule is CCCCOC[C@H]1O[C@H](CC(N)=O)[C@@H](OCCCC)[C@@H](OCCCC)[C@@H]1OCCCC. The molecule has 1 amide bonds. The predicted molar refractivity (Wildman–Crippen MR) is 122 cm³/mol. The predicted octanol–water partition coefficient (Wildman–Crippen LogP) is 4.00. The molecule has 0 aliphatic carbocycles. The van der Waals surface area contributed by atoms with Gasteiger partial charge in [-0.1, -0.05) is 53.4 Å². The maximum absolute atomic E-state index is 11.8. The number of hydrogen-bond donors (Lipinski definition) is 1. The van der Waals surface area contributed by atoms with Crippen LogP contribution in [0, 0.1) is 0 Å². The molecule has 5 atom stereocenters. The van der Waals surface area contributed by atoms with Crippen LogP contribution in [0.5, 0.6) is 0 Å². The van der Waals surface area contributed by atoms with E-state index in [9.17, 15) is 4.79 Å². The Balaban J connectivity index is 3.06. The van der Waals surface area contributed by atoms with Crippen LogP contribution in [-0.2, 0) is 28.5 Å². The highest BCUT2D eigenvalue weighted by Gasteiger charge is 2.48. The molecular formula is C24H47NO6. The number of nitrogens with two attached hydrogens (primary N) is 1.